The van der Waals surface area contributed by atoms with Gasteiger partial charge in [0.2, 0.25) is 0 Å². The minimum Gasteiger partial charge on any atom is -0.379 e. The molecular formula is C17H28N4O2. The minimum absolute atomic E-state index is 0.409. The molecule has 0 N–H and O–H groups in total. The Morgan fingerprint density at radius 3 is 2.87 bits per heavy atom. The first-order valence-electron chi connectivity index (χ1n) is 8.93. The molecule has 4 heterocycles. The van der Waals surface area contributed by atoms with Crippen molar-refractivity contribution < 1.29 is 9.47 Å². The van der Waals surface area contributed by atoms with Crippen LogP contribution in [0.15, 0.2) is 12.4 Å². The van der Waals surface area contributed by atoms with Crippen LogP contribution < -0.4 is 0 Å². The number of hydrogen-bond acceptors (Lipinski definition) is 5. The van der Waals surface area contributed by atoms with E-state index in [-0.39, 0.29) is 0 Å². The van der Waals surface area contributed by atoms with E-state index in [9.17, 15) is 0 Å². The quantitative estimate of drug-likeness (QED) is 0.821. The van der Waals surface area contributed by atoms with E-state index in [1.165, 1.54) is 18.4 Å². The van der Waals surface area contributed by atoms with Crippen LogP contribution in [0.2, 0.25) is 0 Å². The van der Waals surface area contributed by atoms with Gasteiger partial charge >= 0.3 is 0 Å². The third kappa shape index (κ3) is 3.45. The molecule has 0 aliphatic carbocycles. The zero-order valence-corrected chi connectivity index (χ0v) is 14.1. The highest BCUT2D eigenvalue weighted by Crippen LogP contribution is 2.32. The van der Waals surface area contributed by atoms with Crippen molar-refractivity contribution in [3.63, 3.8) is 0 Å². The summed E-state index contributed by atoms with van der Waals surface area (Å²) in [5.74, 6) is 0.669. The number of rotatable bonds is 3. The van der Waals surface area contributed by atoms with Gasteiger partial charge in [-0.3, -0.25) is 14.5 Å². The lowest BCUT2D eigenvalue weighted by Crippen LogP contribution is -2.62. The summed E-state index contributed by atoms with van der Waals surface area (Å²) in [6.45, 7) is 7.97. The number of aryl methyl sites for hydroxylation is 1. The van der Waals surface area contributed by atoms with Crippen molar-refractivity contribution in [1.82, 2.24) is 19.6 Å². The monoisotopic (exact) mass is 320 g/mol. The topological polar surface area (TPSA) is 42.8 Å². The average Bonchev–Trinajstić information content (AvgIpc) is 3.00. The van der Waals surface area contributed by atoms with Gasteiger partial charge in [0, 0.05) is 64.2 Å². The van der Waals surface area contributed by atoms with Crippen molar-refractivity contribution in [2.45, 2.75) is 31.5 Å². The predicted molar refractivity (Wildman–Crippen MR) is 87.1 cm³/mol. The van der Waals surface area contributed by atoms with Crippen molar-refractivity contribution in [3.05, 3.63) is 18.0 Å². The smallest absolute Gasteiger partial charge is 0.0782 e. The van der Waals surface area contributed by atoms with Crippen LogP contribution >= 0.6 is 0 Å². The van der Waals surface area contributed by atoms with Crippen LogP contribution in [0, 0.1) is 5.92 Å². The fraction of sp³-hybridized carbons (Fsp3) is 0.824. The van der Waals surface area contributed by atoms with Gasteiger partial charge < -0.3 is 9.47 Å². The maximum Gasteiger partial charge on any atom is 0.0782 e. The number of fused-ring (bicyclic) bond motifs is 1. The van der Waals surface area contributed by atoms with E-state index < -0.39 is 0 Å². The number of aromatic nitrogens is 2. The Bertz CT molecular complexity index is 514. The van der Waals surface area contributed by atoms with Crippen molar-refractivity contribution >= 4 is 0 Å². The Morgan fingerprint density at radius 1 is 1.22 bits per heavy atom. The highest BCUT2D eigenvalue weighted by atomic mass is 16.5. The van der Waals surface area contributed by atoms with E-state index in [4.69, 9.17) is 9.47 Å². The van der Waals surface area contributed by atoms with Gasteiger partial charge in [-0.1, -0.05) is 0 Å². The second kappa shape index (κ2) is 6.89. The van der Waals surface area contributed by atoms with Crippen LogP contribution in [-0.2, 0) is 23.1 Å². The first kappa shape index (κ1) is 15.6. The number of hydrogen-bond donors (Lipinski definition) is 0. The molecule has 3 aliphatic rings. The zero-order chi connectivity index (χ0) is 15.6. The van der Waals surface area contributed by atoms with Gasteiger partial charge in [-0.25, -0.2) is 0 Å². The molecule has 128 valence electrons. The van der Waals surface area contributed by atoms with Gasteiger partial charge in [0.15, 0.2) is 0 Å². The van der Waals surface area contributed by atoms with Gasteiger partial charge in [0.1, 0.15) is 0 Å². The minimum atomic E-state index is 0.409. The first-order chi connectivity index (χ1) is 11.3. The lowest BCUT2D eigenvalue weighted by atomic mass is 9.84. The zero-order valence-electron chi connectivity index (χ0n) is 14.1. The number of piperidine rings is 1. The van der Waals surface area contributed by atoms with Crippen LogP contribution in [0.25, 0.3) is 0 Å². The van der Waals surface area contributed by atoms with Gasteiger partial charge in [0.25, 0.3) is 0 Å². The highest BCUT2D eigenvalue weighted by Gasteiger charge is 2.42. The fourth-order valence-electron chi connectivity index (χ4n) is 4.43. The average molecular weight is 320 g/mol. The highest BCUT2D eigenvalue weighted by molar-refractivity contribution is 5.05. The van der Waals surface area contributed by atoms with Crippen molar-refractivity contribution in [2.75, 3.05) is 46.0 Å². The van der Waals surface area contributed by atoms with Crippen molar-refractivity contribution in [2.24, 2.45) is 13.0 Å². The number of likely N-dealkylation sites (tertiary alicyclic amines) is 1. The Balaban J connectivity index is 1.48. The molecule has 0 radical (unpaired) electrons. The fourth-order valence-corrected chi connectivity index (χ4v) is 4.43. The molecule has 3 fully saturated rings. The molecule has 1 aromatic heterocycles. The Kier molecular flexibility index (Phi) is 4.66. The van der Waals surface area contributed by atoms with Gasteiger partial charge in [-0.15, -0.1) is 0 Å². The number of ether oxygens (including phenoxy) is 2. The summed E-state index contributed by atoms with van der Waals surface area (Å²) in [5.41, 5.74) is 1.31. The van der Waals surface area contributed by atoms with E-state index in [0.717, 1.165) is 52.5 Å². The summed E-state index contributed by atoms with van der Waals surface area (Å²) in [7, 11) is 1.99. The molecule has 6 heteroatoms. The van der Waals surface area contributed by atoms with Crippen LogP contribution in [0.1, 0.15) is 18.4 Å². The summed E-state index contributed by atoms with van der Waals surface area (Å²) >= 11 is 0. The maximum atomic E-state index is 6.22. The maximum absolute atomic E-state index is 6.22. The van der Waals surface area contributed by atoms with Crippen molar-refractivity contribution in [3.8, 4) is 0 Å². The lowest BCUT2D eigenvalue weighted by Gasteiger charge is -2.50. The predicted octanol–water partition coefficient (Wildman–Crippen LogP) is 0.732. The van der Waals surface area contributed by atoms with E-state index in [1.807, 2.05) is 17.9 Å². The van der Waals surface area contributed by atoms with Crippen LogP contribution in [-0.4, -0.2) is 77.7 Å². The summed E-state index contributed by atoms with van der Waals surface area (Å²) in [4.78, 5) is 5.20. The van der Waals surface area contributed by atoms with E-state index in [1.54, 1.807) is 0 Å². The molecule has 3 aliphatic heterocycles. The molecule has 0 unspecified atom stereocenters. The molecule has 0 amide bonds. The van der Waals surface area contributed by atoms with E-state index in [2.05, 4.69) is 21.1 Å². The molecule has 0 saturated carbocycles. The molecule has 3 atom stereocenters. The molecule has 4 rings (SSSR count). The Hall–Kier alpha value is -0.950. The van der Waals surface area contributed by atoms with Gasteiger partial charge in [-0.05, 0) is 18.8 Å². The SMILES string of the molecule is Cn1cc(CN2C[C@@H]3CCCO[C@@H]3[C@H](N3CCOCC3)C2)cn1. The van der Waals surface area contributed by atoms with Crippen LogP contribution in [0.4, 0.5) is 0 Å². The largest absolute Gasteiger partial charge is 0.379 e. The lowest BCUT2D eigenvalue weighted by molar-refractivity contribution is -0.128. The summed E-state index contributed by atoms with van der Waals surface area (Å²) in [5, 5.41) is 4.31. The second-order valence-electron chi connectivity index (χ2n) is 7.17. The molecule has 0 aromatic carbocycles. The molecular weight excluding hydrogens is 292 g/mol. The van der Waals surface area contributed by atoms with Crippen LogP contribution in [0.5, 0.6) is 0 Å². The molecule has 3 saturated heterocycles. The summed E-state index contributed by atoms with van der Waals surface area (Å²) in [6.07, 6.45) is 7.04. The van der Waals surface area contributed by atoms with E-state index >= 15 is 0 Å². The van der Waals surface area contributed by atoms with E-state index in [0.29, 0.717) is 18.1 Å². The first-order valence-corrected chi connectivity index (χ1v) is 8.93. The number of nitrogens with zero attached hydrogens (tertiary/aromatic N) is 4. The molecule has 6 nitrogen and oxygen atoms in total. The Labute approximate surface area is 138 Å². The third-order valence-electron chi connectivity index (χ3n) is 5.49. The third-order valence-corrected chi connectivity index (χ3v) is 5.49. The van der Waals surface area contributed by atoms with Crippen LogP contribution in [0.3, 0.4) is 0 Å². The van der Waals surface area contributed by atoms with Gasteiger partial charge in [-0.2, -0.15) is 5.10 Å². The number of morpholine rings is 1. The summed E-state index contributed by atoms with van der Waals surface area (Å²) < 4.78 is 13.7. The van der Waals surface area contributed by atoms with Gasteiger partial charge in [0.05, 0.1) is 25.5 Å². The molecule has 0 spiro atoms. The molecule has 0 bridgehead atoms. The van der Waals surface area contributed by atoms with Crippen molar-refractivity contribution in [1.29, 1.82) is 0 Å². The molecule has 23 heavy (non-hydrogen) atoms. The standard InChI is InChI=1S/C17H28N4O2/c1-19-10-14(9-18-19)11-20-12-15-3-2-6-23-17(15)16(13-20)21-4-7-22-8-5-21/h9-10,15-17H,2-8,11-13H2,1H3/t15-,16+,17-/m0/s1. The Morgan fingerprint density at radius 2 is 2.09 bits per heavy atom. The second-order valence-corrected chi connectivity index (χ2v) is 7.17. The summed E-state index contributed by atoms with van der Waals surface area (Å²) in [6, 6.07) is 0.509. The molecule has 1 aromatic rings. The normalized spacial score (nSPS) is 33.5.